The maximum Gasteiger partial charge on any atom is 0.232 e. The van der Waals surface area contributed by atoms with Gasteiger partial charge in [-0.25, -0.2) is 8.42 Å². The number of aliphatic hydroxyl groups excluding tert-OH is 1. The Morgan fingerprint density at radius 1 is 1.35 bits per heavy atom. The average molecular weight is 278 g/mol. The Hall–Kier alpha value is -0.780. The Morgan fingerprint density at radius 2 is 2.06 bits per heavy atom. The van der Waals surface area contributed by atoms with Crippen molar-refractivity contribution in [3.63, 3.8) is 0 Å². The van der Waals surface area contributed by atoms with Gasteiger partial charge in [-0.3, -0.25) is 4.72 Å². The first-order valence-corrected chi connectivity index (χ1v) is 7.36. The number of halogens is 1. The van der Waals surface area contributed by atoms with Gasteiger partial charge in [0.2, 0.25) is 10.0 Å². The Labute approximate surface area is 107 Å². The first-order valence-electron chi connectivity index (χ1n) is 5.33. The molecule has 1 aromatic carbocycles. The molecule has 4 nitrogen and oxygen atoms in total. The number of hydrogen-bond acceptors (Lipinski definition) is 3. The summed E-state index contributed by atoms with van der Waals surface area (Å²) in [5.74, 6) is -0.0160. The van der Waals surface area contributed by atoms with Crippen LogP contribution in [0, 0.1) is 6.92 Å². The van der Waals surface area contributed by atoms with Crippen LogP contribution in [0.3, 0.4) is 0 Å². The molecule has 1 rings (SSSR count). The van der Waals surface area contributed by atoms with Crippen LogP contribution in [0.15, 0.2) is 18.2 Å². The lowest BCUT2D eigenvalue weighted by atomic mass is 10.2. The third kappa shape index (κ3) is 4.53. The van der Waals surface area contributed by atoms with Crippen molar-refractivity contribution in [3.8, 4) is 0 Å². The predicted molar refractivity (Wildman–Crippen MR) is 69.9 cm³/mol. The molecule has 6 heteroatoms. The molecule has 0 heterocycles. The predicted octanol–water partition coefficient (Wildman–Crippen LogP) is 2.16. The first kappa shape index (κ1) is 14.3. The largest absolute Gasteiger partial charge is 0.396 e. The van der Waals surface area contributed by atoms with Gasteiger partial charge in [0, 0.05) is 6.61 Å². The minimum Gasteiger partial charge on any atom is -0.396 e. The SMILES string of the molecule is Cc1cccc(NS(=O)(=O)CCCCO)c1Cl. The molecule has 17 heavy (non-hydrogen) atoms. The fourth-order valence-corrected chi connectivity index (χ4v) is 2.77. The molecule has 0 aliphatic heterocycles. The summed E-state index contributed by atoms with van der Waals surface area (Å²) in [5, 5.41) is 9.01. The summed E-state index contributed by atoms with van der Waals surface area (Å²) in [5.41, 5.74) is 1.22. The first-order chi connectivity index (χ1) is 7.96. The smallest absolute Gasteiger partial charge is 0.232 e. The normalized spacial score (nSPS) is 11.5. The highest BCUT2D eigenvalue weighted by atomic mass is 35.5. The van der Waals surface area contributed by atoms with Gasteiger partial charge in [0.05, 0.1) is 16.5 Å². The molecule has 0 spiro atoms. The Kier molecular flexibility index (Phi) is 5.24. The van der Waals surface area contributed by atoms with E-state index in [4.69, 9.17) is 16.7 Å². The third-order valence-corrected chi connectivity index (χ3v) is 4.14. The molecule has 0 aliphatic rings. The van der Waals surface area contributed by atoms with Crippen molar-refractivity contribution in [1.82, 2.24) is 0 Å². The third-order valence-electron chi connectivity index (χ3n) is 2.28. The molecule has 0 radical (unpaired) electrons. The Bertz CT molecular complexity index is 474. The van der Waals surface area contributed by atoms with Gasteiger partial charge in [0.1, 0.15) is 0 Å². The second-order valence-electron chi connectivity index (χ2n) is 3.79. The van der Waals surface area contributed by atoms with Crippen molar-refractivity contribution in [2.45, 2.75) is 19.8 Å². The van der Waals surface area contributed by atoms with Gasteiger partial charge in [-0.2, -0.15) is 0 Å². The zero-order valence-corrected chi connectivity index (χ0v) is 11.2. The molecular formula is C11H16ClNO3S. The fourth-order valence-electron chi connectivity index (χ4n) is 1.35. The lowest BCUT2D eigenvalue weighted by Crippen LogP contribution is -2.17. The minimum atomic E-state index is -3.39. The zero-order valence-electron chi connectivity index (χ0n) is 9.61. The number of aryl methyl sites for hydroxylation is 1. The topological polar surface area (TPSA) is 66.4 Å². The van der Waals surface area contributed by atoms with Crippen LogP contribution in [0.1, 0.15) is 18.4 Å². The number of aliphatic hydroxyl groups is 1. The van der Waals surface area contributed by atoms with E-state index in [2.05, 4.69) is 4.72 Å². The van der Waals surface area contributed by atoms with Crippen LogP contribution in [-0.4, -0.2) is 25.9 Å². The van der Waals surface area contributed by atoms with Crippen LogP contribution in [0.2, 0.25) is 5.02 Å². The van der Waals surface area contributed by atoms with Gasteiger partial charge in [0.25, 0.3) is 0 Å². The van der Waals surface area contributed by atoms with Gasteiger partial charge in [-0.15, -0.1) is 0 Å². The number of sulfonamides is 1. The van der Waals surface area contributed by atoms with Crippen LogP contribution >= 0.6 is 11.6 Å². The maximum absolute atomic E-state index is 11.7. The number of rotatable bonds is 6. The summed E-state index contributed by atoms with van der Waals surface area (Å²) in [6, 6.07) is 5.18. The van der Waals surface area contributed by atoms with Gasteiger partial charge in [-0.05, 0) is 31.4 Å². The number of hydrogen-bond donors (Lipinski definition) is 2. The quantitative estimate of drug-likeness (QED) is 0.783. The van der Waals surface area contributed by atoms with Crippen LogP contribution in [0.4, 0.5) is 5.69 Å². The second-order valence-corrected chi connectivity index (χ2v) is 6.01. The lowest BCUT2D eigenvalue weighted by molar-refractivity contribution is 0.287. The summed E-state index contributed by atoms with van der Waals surface area (Å²) in [4.78, 5) is 0. The lowest BCUT2D eigenvalue weighted by Gasteiger charge is -2.10. The number of unbranched alkanes of at least 4 members (excludes halogenated alkanes) is 1. The van der Waals surface area contributed by atoms with E-state index >= 15 is 0 Å². The van der Waals surface area contributed by atoms with E-state index < -0.39 is 10.0 Å². The summed E-state index contributed by atoms with van der Waals surface area (Å²) in [6.45, 7) is 1.81. The molecule has 0 fully saturated rings. The van der Waals surface area contributed by atoms with Crippen LogP contribution in [0.5, 0.6) is 0 Å². The van der Waals surface area contributed by atoms with E-state index in [9.17, 15) is 8.42 Å². The molecule has 96 valence electrons. The molecule has 0 atom stereocenters. The summed E-state index contributed by atoms with van der Waals surface area (Å²) in [6.07, 6.45) is 0.901. The van der Waals surface area contributed by atoms with E-state index in [1.54, 1.807) is 12.1 Å². The van der Waals surface area contributed by atoms with Crippen molar-refractivity contribution >= 4 is 27.3 Å². The van der Waals surface area contributed by atoms with Gasteiger partial charge in [-0.1, -0.05) is 23.7 Å². The molecule has 0 aromatic heterocycles. The van der Waals surface area contributed by atoms with E-state index in [-0.39, 0.29) is 12.4 Å². The van der Waals surface area contributed by atoms with Gasteiger partial charge in [0.15, 0.2) is 0 Å². The summed E-state index contributed by atoms with van der Waals surface area (Å²) < 4.78 is 25.8. The number of anilines is 1. The van der Waals surface area contributed by atoms with Gasteiger partial charge >= 0.3 is 0 Å². The minimum absolute atomic E-state index is 0.000716. The van der Waals surface area contributed by atoms with Crippen molar-refractivity contribution in [2.24, 2.45) is 0 Å². The van der Waals surface area contributed by atoms with Crippen LogP contribution in [0.25, 0.3) is 0 Å². The zero-order chi connectivity index (χ0) is 12.9. The number of nitrogens with one attached hydrogen (secondary N) is 1. The highest BCUT2D eigenvalue weighted by Crippen LogP contribution is 2.26. The molecule has 0 aliphatic carbocycles. The van der Waals surface area contributed by atoms with Gasteiger partial charge < -0.3 is 5.11 Å². The van der Waals surface area contributed by atoms with E-state index in [0.717, 1.165) is 5.56 Å². The fraction of sp³-hybridized carbons (Fsp3) is 0.455. The molecule has 0 amide bonds. The molecule has 0 unspecified atom stereocenters. The molecule has 0 saturated heterocycles. The second kappa shape index (κ2) is 6.23. The monoisotopic (exact) mass is 277 g/mol. The standard InChI is InChI=1S/C11H16ClNO3S/c1-9-5-4-6-10(11(9)12)13-17(15,16)8-3-2-7-14/h4-6,13-14H,2-3,7-8H2,1H3. The Morgan fingerprint density at radius 3 is 2.71 bits per heavy atom. The van der Waals surface area contributed by atoms with Crippen molar-refractivity contribution in [1.29, 1.82) is 0 Å². The number of benzene rings is 1. The molecule has 1 aromatic rings. The van der Waals surface area contributed by atoms with E-state index in [0.29, 0.717) is 23.6 Å². The van der Waals surface area contributed by atoms with E-state index in [1.807, 2.05) is 13.0 Å². The van der Waals surface area contributed by atoms with Crippen molar-refractivity contribution < 1.29 is 13.5 Å². The van der Waals surface area contributed by atoms with Crippen LogP contribution < -0.4 is 4.72 Å². The maximum atomic E-state index is 11.7. The molecule has 2 N–H and O–H groups in total. The average Bonchev–Trinajstić information content (AvgIpc) is 2.25. The summed E-state index contributed by atoms with van der Waals surface area (Å²) in [7, 11) is -3.39. The van der Waals surface area contributed by atoms with Crippen LogP contribution in [-0.2, 0) is 10.0 Å². The van der Waals surface area contributed by atoms with E-state index in [1.165, 1.54) is 0 Å². The summed E-state index contributed by atoms with van der Waals surface area (Å²) >= 11 is 5.99. The molecule has 0 saturated carbocycles. The molecular weight excluding hydrogens is 262 g/mol. The highest BCUT2D eigenvalue weighted by molar-refractivity contribution is 7.92. The highest BCUT2D eigenvalue weighted by Gasteiger charge is 2.12. The molecule has 0 bridgehead atoms. The van der Waals surface area contributed by atoms with Crippen molar-refractivity contribution in [3.05, 3.63) is 28.8 Å². The van der Waals surface area contributed by atoms with Crippen molar-refractivity contribution in [2.75, 3.05) is 17.1 Å². The Balaban J connectivity index is 2.73.